The molecule has 0 unspecified atom stereocenters. The molecular formula is C14H9BrF2O3. The zero-order chi connectivity index (χ0) is 14.7. The van der Waals surface area contributed by atoms with E-state index in [1.54, 1.807) is 6.07 Å². The normalized spacial score (nSPS) is 10.3. The quantitative estimate of drug-likeness (QED) is 0.913. The van der Waals surface area contributed by atoms with E-state index >= 15 is 0 Å². The Bertz CT molecular complexity index is 659. The molecule has 0 atom stereocenters. The van der Waals surface area contributed by atoms with E-state index in [0.29, 0.717) is 4.47 Å². The van der Waals surface area contributed by atoms with Crippen LogP contribution in [0.3, 0.4) is 0 Å². The SMILES string of the molecule is O=C(O)c1cc(F)ccc1COc1ccc(Br)cc1F. The fourth-order valence-electron chi connectivity index (χ4n) is 1.62. The first-order chi connectivity index (χ1) is 9.47. The van der Waals surface area contributed by atoms with Crippen molar-refractivity contribution in [2.75, 3.05) is 0 Å². The zero-order valence-corrected chi connectivity index (χ0v) is 11.7. The van der Waals surface area contributed by atoms with Crippen molar-refractivity contribution in [2.24, 2.45) is 0 Å². The standard InChI is InChI=1S/C14H9BrF2O3/c15-9-2-4-13(12(17)5-9)20-7-8-1-3-10(16)6-11(8)14(18)19/h1-6H,7H2,(H,18,19). The molecule has 6 heteroatoms. The minimum atomic E-state index is -1.26. The van der Waals surface area contributed by atoms with E-state index < -0.39 is 17.6 Å². The van der Waals surface area contributed by atoms with Gasteiger partial charge in [-0.1, -0.05) is 22.0 Å². The van der Waals surface area contributed by atoms with Gasteiger partial charge in [0, 0.05) is 10.0 Å². The summed E-state index contributed by atoms with van der Waals surface area (Å²) in [4.78, 5) is 11.0. The van der Waals surface area contributed by atoms with Gasteiger partial charge in [0.05, 0.1) is 5.56 Å². The highest BCUT2D eigenvalue weighted by molar-refractivity contribution is 9.10. The summed E-state index contributed by atoms with van der Waals surface area (Å²) in [5.74, 6) is -2.49. The molecule has 0 spiro atoms. The lowest BCUT2D eigenvalue weighted by molar-refractivity contribution is 0.0693. The maximum absolute atomic E-state index is 13.5. The molecule has 0 saturated heterocycles. The van der Waals surface area contributed by atoms with Crippen LogP contribution >= 0.6 is 15.9 Å². The van der Waals surface area contributed by atoms with Gasteiger partial charge in [-0.3, -0.25) is 0 Å². The van der Waals surface area contributed by atoms with Gasteiger partial charge < -0.3 is 9.84 Å². The van der Waals surface area contributed by atoms with Gasteiger partial charge in [0.15, 0.2) is 11.6 Å². The van der Waals surface area contributed by atoms with Gasteiger partial charge in [0.1, 0.15) is 12.4 Å². The number of hydrogen-bond donors (Lipinski definition) is 1. The van der Waals surface area contributed by atoms with Crippen LogP contribution in [0.5, 0.6) is 5.75 Å². The molecule has 0 aliphatic carbocycles. The highest BCUT2D eigenvalue weighted by atomic mass is 79.9. The second kappa shape index (κ2) is 6.00. The molecule has 2 aromatic rings. The van der Waals surface area contributed by atoms with Crippen LogP contribution in [0.4, 0.5) is 8.78 Å². The molecule has 0 aliphatic heterocycles. The van der Waals surface area contributed by atoms with Gasteiger partial charge in [-0.2, -0.15) is 0 Å². The molecule has 0 fully saturated rings. The van der Waals surface area contributed by atoms with Gasteiger partial charge in [-0.05, 0) is 30.3 Å². The molecule has 0 aliphatic rings. The Labute approximate surface area is 121 Å². The van der Waals surface area contributed by atoms with Crippen LogP contribution in [-0.2, 0) is 6.61 Å². The molecule has 0 saturated carbocycles. The van der Waals surface area contributed by atoms with Gasteiger partial charge in [0.2, 0.25) is 0 Å². The fourth-order valence-corrected chi connectivity index (χ4v) is 1.95. The van der Waals surface area contributed by atoms with Gasteiger partial charge >= 0.3 is 5.97 Å². The number of carbonyl (C=O) groups is 1. The largest absolute Gasteiger partial charge is 0.486 e. The van der Waals surface area contributed by atoms with Crippen LogP contribution in [0, 0.1) is 11.6 Å². The monoisotopic (exact) mass is 342 g/mol. The van der Waals surface area contributed by atoms with Gasteiger partial charge in [0.25, 0.3) is 0 Å². The molecule has 0 heterocycles. The molecular weight excluding hydrogens is 334 g/mol. The van der Waals surface area contributed by atoms with Crippen molar-refractivity contribution >= 4 is 21.9 Å². The predicted octanol–water partition coefficient (Wildman–Crippen LogP) is 4.00. The van der Waals surface area contributed by atoms with Crippen molar-refractivity contribution in [1.29, 1.82) is 0 Å². The van der Waals surface area contributed by atoms with Crippen molar-refractivity contribution in [3.8, 4) is 5.75 Å². The van der Waals surface area contributed by atoms with Crippen molar-refractivity contribution in [3.63, 3.8) is 0 Å². The highest BCUT2D eigenvalue weighted by Crippen LogP contribution is 2.23. The molecule has 20 heavy (non-hydrogen) atoms. The number of carboxylic acid groups (broad SMARTS) is 1. The number of ether oxygens (including phenoxy) is 1. The van der Waals surface area contributed by atoms with E-state index in [2.05, 4.69) is 15.9 Å². The highest BCUT2D eigenvalue weighted by Gasteiger charge is 2.12. The summed E-state index contributed by atoms with van der Waals surface area (Å²) in [6.07, 6.45) is 0. The molecule has 1 N–H and O–H groups in total. The van der Waals surface area contributed by atoms with Crippen molar-refractivity contribution < 1.29 is 23.4 Å². The second-order valence-electron chi connectivity index (χ2n) is 3.97. The minimum absolute atomic E-state index is 0.00568. The first-order valence-corrected chi connectivity index (χ1v) is 6.36. The number of benzene rings is 2. The Morgan fingerprint density at radius 1 is 1.20 bits per heavy atom. The third kappa shape index (κ3) is 3.33. The maximum Gasteiger partial charge on any atom is 0.336 e. The van der Waals surface area contributed by atoms with Crippen LogP contribution in [0.1, 0.15) is 15.9 Å². The van der Waals surface area contributed by atoms with Crippen LogP contribution in [0.2, 0.25) is 0 Å². The molecule has 0 amide bonds. The maximum atomic E-state index is 13.5. The summed E-state index contributed by atoms with van der Waals surface area (Å²) in [7, 11) is 0. The topological polar surface area (TPSA) is 46.5 Å². The summed E-state index contributed by atoms with van der Waals surface area (Å²) in [5.41, 5.74) is 0.0590. The average molecular weight is 343 g/mol. The fraction of sp³-hybridized carbons (Fsp3) is 0.0714. The summed E-state index contributed by atoms with van der Waals surface area (Å²) in [5, 5.41) is 8.98. The van der Waals surface area contributed by atoms with E-state index in [9.17, 15) is 13.6 Å². The summed E-state index contributed by atoms with van der Waals surface area (Å²) < 4.78 is 32.3. The van der Waals surface area contributed by atoms with Gasteiger partial charge in [-0.25, -0.2) is 13.6 Å². The third-order valence-corrected chi connectivity index (χ3v) is 3.07. The Morgan fingerprint density at radius 2 is 1.95 bits per heavy atom. The molecule has 2 aromatic carbocycles. The van der Waals surface area contributed by atoms with E-state index in [0.717, 1.165) is 12.1 Å². The van der Waals surface area contributed by atoms with Crippen LogP contribution in [-0.4, -0.2) is 11.1 Å². The molecule has 3 nitrogen and oxygen atoms in total. The van der Waals surface area contributed by atoms with Crippen molar-refractivity contribution in [2.45, 2.75) is 6.61 Å². The Kier molecular flexibility index (Phi) is 4.34. The summed E-state index contributed by atoms with van der Waals surface area (Å²) >= 11 is 3.12. The Morgan fingerprint density at radius 3 is 2.60 bits per heavy atom. The van der Waals surface area contributed by atoms with Crippen molar-refractivity contribution in [1.82, 2.24) is 0 Å². The molecule has 0 bridgehead atoms. The van der Waals surface area contributed by atoms with Crippen LogP contribution in [0.15, 0.2) is 40.9 Å². The zero-order valence-electron chi connectivity index (χ0n) is 10.1. The molecule has 2 rings (SSSR count). The van der Waals surface area contributed by atoms with Crippen molar-refractivity contribution in [3.05, 3.63) is 63.6 Å². The van der Waals surface area contributed by atoms with E-state index in [4.69, 9.17) is 9.84 Å². The lowest BCUT2D eigenvalue weighted by Gasteiger charge is -2.10. The van der Waals surface area contributed by atoms with Gasteiger partial charge in [-0.15, -0.1) is 0 Å². The molecule has 0 aromatic heterocycles. The Hall–Kier alpha value is -1.95. The first-order valence-electron chi connectivity index (χ1n) is 5.57. The van der Waals surface area contributed by atoms with E-state index in [-0.39, 0.29) is 23.5 Å². The number of hydrogen-bond acceptors (Lipinski definition) is 2. The molecule has 0 radical (unpaired) electrons. The van der Waals surface area contributed by atoms with Crippen LogP contribution in [0.25, 0.3) is 0 Å². The lowest BCUT2D eigenvalue weighted by Crippen LogP contribution is -2.06. The molecule has 104 valence electrons. The average Bonchev–Trinajstić information content (AvgIpc) is 2.38. The lowest BCUT2D eigenvalue weighted by atomic mass is 10.1. The number of rotatable bonds is 4. The second-order valence-corrected chi connectivity index (χ2v) is 4.89. The summed E-state index contributed by atoms with van der Waals surface area (Å²) in [6.45, 7) is -0.166. The number of carboxylic acids is 1. The number of halogens is 3. The smallest absolute Gasteiger partial charge is 0.336 e. The van der Waals surface area contributed by atoms with E-state index in [1.807, 2.05) is 0 Å². The Balaban J connectivity index is 2.20. The minimum Gasteiger partial charge on any atom is -0.486 e. The first kappa shape index (κ1) is 14.5. The third-order valence-electron chi connectivity index (χ3n) is 2.58. The summed E-state index contributed by atoms with van der Waals surface area (Å²) in [6, 6.07) is 7.58. The van der Waals surface area contributed by atoms with E-state index in [1.165, 1.54) is 18.2 Å². The van der Waals surface area contributed by atoms with Crippen LogP contribution < -0.4 is 4.74 Å². The predicted molar refractivity (Wildman–Crippen MR) is 71.8 cm³/mol. The number of aromatic carboxylic acids is 1.